The predicted octanol–water partition coefficient (Wildman–Crippen LogP) is 2.56. The minimum atomic E-state index is -3.50. The fourth-order valence-electron chi connectivity index (χ4n) is 2.11. The van der Waals surface area contributed by atoms with E-state index in [1.165, 1.54) is 4.31 Å². The number of nitrogens with zero attached hydrogens (tertiary/aromatic N) is 1. The van der Waals surface area contributed by atoms with Gasteiger partial charge in [0.15, 0.2) is 0 Å². The molecule has 1 aromatic rings. The molecule has 1 heterocycles. The van der Waals surface area contributed by atoms with E-state index in [9.17, 15) is 8.42 Å². The van der Waals surface area contributed by atoms with Crippen molar-refractivity contribution in [2.24, 2.45) is 0 Å². The highest BCUT2D eigenvalue weighted by atomic mass is 79.9. The fraction of sp³-hybridized carbons (Fsp3) is 0.500. The lowest BCUT2D eigenvalue weighted by atomic mass is 10.2. The lowest BCUT2D eigenvalue weighted by Gasteiger charge is -2.21. The third-order valence-corrected chi connectivity index (χ3v) is 5.35. The van der Waals surface area contributed by atoms with Gasteiger partial charge in [-0.15, -0.1) is 0 Å². The molecule has 2 rings (SSSR count). The second-order valence-corrected chi connectivity index (χ2v) is 7.18. The lowest BCUT2D eigenvalue weighted by Crippen LogP contribution is -2.36. The number of nitrogens with one attached hydrogen (secondary N) is 1. The second-order valence-electron chi connectivity index (χ2n) is 4.66. The SMILES string of the molecule is Nc1ccc(Br)c(NS(=O)(=O)N2CCCCCC2)c1. The summed E-state index contributed by atoms with van der Waals surface area (Å²) in [5, 5.41) is 0. The Kier molecular flexibility index (Phi) is 4.70. The van der Waals surface area contributed by atoms with Crippen molar-refractivity contribution in [1.82, 2.24) is 4.31 Å². The Labute approximate surface area is 122 Å². The molecule has 1 aliphatic heterocycles. The summed E-state index contributed by atoms with van der Waals surface area (Å²) in [6.45, 7) is 1.16. The quantitative estimate of drug-likeness (QED) is 0.825. The molecule has 1 aromatic carbocycles. The van der Waals surface area contributed by atoms with Crippen LogP contribution in [0.15, 0.2) is 22.7 Å². The molecule has 0 aromatic heterocycles. The van der Waals surface area contributed by atoms with Crippen molar-refractivity contribution in [3.8, 4) is 0 Å². The second kappa shape index (κ2) is 6.11. The summed E-state index contributed by atoms with van der Waals surface area (Å²) in [4.78, 5) is 0. The molecule has 1 saturated heterocycles. The molecule has 0 radical (unpaired) electrons. The van der Waals surface area contributed by atoms with E-state index in [1.807, 2.05) is 0 Å². The normalized spacial score (nSPS) is 17.9. The van der Waals surface area contributed by atoms with Crippen molar-refractivity contribution < 1.29 is 8.42 Å². The van der Waals surface area contributed by atoms with E-state index in [4.69, 9.17) is 5.73 Å². The molecule has 1 aliphatic rings. The van der Waals surface area contributed by atoms with Crippen molar-refractivity contribution in [2.75, 3.05) is 23.5 Å². The Morgan fingerprint density at radius 3 is 2.42 bits per heavy atom. The van der Waals surface area contributed by atoms with Gasteiger partial charge in [0, 0.05) is 23.2 Å². The average molecular weight is 348 g/mol. The van der Waals surface area contributed by atoms with Gasteiger partial charge in [0.25, 0.3) is 0 Å². The van der Waals surface area contributed by atoms with Gasteiger partial charge in [-0.2, -0.15) is 12.7 Å². The molecule has 106 valence electrons. The smallest absolute Gasteiger partial charge is 0.301 e. The number of benzene rings is 1. The molecule has 0 saturated carbocycles. The Morgan fingerprint density at radius 2 is 1.79 bits per heavy atom. The van der Waals surface area contributed by atoms with Crippen molar-refractivity contribution in [2.45, 2.75) is 25.7 Å². The van der Waals surface area contributed by atoms with Crippen LogP contribution in [0, 0.1) is 0 Å². The van der Waals surface area contributed by atoms with Gasteiger partial charge >= 0.3 is 10.2 Å². The molecule has 0 unspecified atom stereocenters. The Morgan fingerprint density at radius 1 is 1.16 bits per heavy atom. The number of halogens is 1. The van der Waals surface area contributed by atoms with Crippen LogP contribution >= 0.6 is 15.9 Å². The zero-order valence-electron chi connectivity index (χ0n) is 10.6. The van der Waals surface area contributed by atoms with Crippen LogP contribution in [0.2, 0.25) is 0 Å². The third kappa shape index (κ3) is 3.84. The monoisotopic (exact) mass is 347 g/mol. The van der Waals surface area contributed by atoms with Crippen LogP contribution in [0.25, 0.3) is 0 Å². The van der Waals surface area contributed by atoms with Crippen LogP contribution in [0.5, 0.6) is 0 Å². The topological polar surface area (TPSA) is 75.4 Å². The zero-order chi connectivity index (χ0) is 13.9. The number of anilines is 2. The van der Waals surface area contributed by atoms with E-state index in [1.54, 1.807) is 18.2 Å². The number of nitrogen functional groups attached to an aromatic ring is 1. The predicted molar refractivity (Wildman–Crippen MR) is 81.1 cm³/mol. The van der Waals surface area contributed by atoms with Gasteiger partial charge in [0.1, 0.15) is 0 Å². The molecule has 7 heteroatoms. The van der Waals surface area contributed by atoms with Crippen LogP contribution in [0.3, 0.4) is 0 Å². The first-order valence-corrected chi connectivity index (χ1v) is 8.55. The van der Waals surface area contributed by atoms with Crippen molar-refractivity contribution in [3.05, 3.63) is 22.7 Å². The molecule has 1 fully saturated rings. The molecule has 0 amide bonds. The molecule has 0 atom stereocenters. The van der Waals surface area contributed by atoms with Crippen LogP contribution < -0.4 is 10.5 Å². The van der Waals surface area contributed by atoms with E-state index in [2.05, 4.69) is 20.7 Å². The summed E-state index contributed by atoms with van der Waals surface area (Å²) < 4.78 is 29.4. The Balaban J connectivity index is 2.18. The van der Waals surface area contributed by atoms with Crippen LogP contribution in [-0.4, -0.2) is 25.8 Å². The first-order chi connectivity index (χ1) is 8.99. The maximum atomic E-state index is 12.3. The summed E-state index contributed by atoms with van der Waals surface area (Å²) in [6.07, 6.45) is 4.01. The minimum absolute atomic E-state index is 0.476. The largest absolute Gasteiger partial charge is 0.399 e. The van der Waals surface area contributed by atoms with Gasteiger partial charge in [-0.25, -0.2) is 0 Å². The summed E-state index contributed by atoms with van der Waals surface area (Å²) in [5.74, 6) is 0. The number of nitrogens with two attached hydrogens (primary N) is 1. The molecule has 3 N–H and O–H groups in total. The summed E-state index contributed by atoms with van der Waals surface area (Å²) >= 11 is 3.32. The van der Waals surface area contributed by atoms with Crippen molar-refractivity contribution >= 4 is 37.5 Å². The number of hydrogen-bond acceptors (Lipinski definition) is 3. The third-order valence-electron chi connectivity index (χ3n) is 3.13. The average Bonchev–Trinajstić information content (AvgIpc) is 2.63. The first kappa shape index (κ1) is 14.6. The number of hydrogen-bond donors (Lipinski definition) is 2. The highest BCUT2D eigenvalue weighted by molar-refractivity contribution is 9.10. The highest BCUT2D eigenvalue weighted by Crippen LogP contribution is 2.26. The van der Waals surface area contributed by atoms with E-state index in [-0.39, 0.29) is 0 Å². The van der Waals surface area contributed by atoms with E-state index in [0.29, 0.717) is 28.9 Å². The van der Waals surface area contributed by atoms with Gasteiger partial charge in [0.05, 0.1) is 5.69 Å². The standard InChI is InChI=1S/C12H18BrN3O2S/c13-11-6-5-10(14)9-12(11)15-19(17,18)16-7-3-1-2-4-8-16/h5-6,9,15H,1-4,7-8,14H2. The van der Waals surface area contributed by atoms with Crippen LogP contribution in [0.4, 0.5) is 11.4 Å². The van der Waals surface area contributed by atoms with Gasteiger partial charge in [-0.3, -0.25) is 4.72 Å². The highest BCUT2D eigenvalue weighted by Gasteiger charge is 2.23. The zero-order valence-corrected chi connectivity index (χ0v) is 13.0. The molecule has 19 heavy (non-hydrogen) atoms. The molecular formula is C12H18BrN3O2S. The van der Waals surface area contributed by atoms with Gasteiger partial charge < -0.3 is 5.73 Å². The van der Waals surface area contributed by atoms with Crippen molar-refractivity contribution in [1.29, 1.82) is 0 Å². The van der Waals surface area contributed by atoms with Gasteiger partial charge in [0.2, 0.25) is 0 Å². The Hall–Kier alpha value is -0.790. The molecule has 0 bridgehead atoms. The minimum Gasteiger partial charge on any atom is -0.399 e. The molecular weight excluding hydrogens is 330 g/mol. The summed E-state index contributed by atoms with van der Waals surface area (Å²) in [7, 11) is -3.50. The van der Waals surface area contributed by atoms with E-state index in [0.717, 1.165) is 25.7 Å². The van der Waals surface area contributed by atoms with Crippen LogP contribution in [-0.2, 0) is 10.2 Å². The van der Waals surface area contributed by atoms with Crippen molar-refractivity contribution in [3.63, 3.8) is 0 Å². The van der Waals surface area contributed by atoms with Gasteiger partial charge in [-0.1, -0.05) is 12.8 Å². The summed E-state index contributed by atoms with van der Waals surface area (Å²) in [6, 6.07) is 5.06. The fourth-order valence-corrected chi connectivity index (χ4v) is 3.90. The maximum absolute atomic E-state index is 12.3. The molecule has 5 nitrogen and oxygen atoms in total. The van der Waals surface area contributed by atoms with Crippen LogP contribution in [0.1, 0.15) is 25.7 Å². The van der Waals surface area contributed by atoms with E-state index >= 15 is 0 Å². The molecule has 0 aliphatic carbocycles. The number of rotatable bonds is 3. The lowest BCUT2D eigenvalue weighted by molar-refractivity contribution is 0.427. The van der Waals surface area contributed by atoms with E-state index < -0.39 is 10.2 Å². The molecule has 0 spiro atoms. The summed E-state index contributed by atoms with van der Waals surface area (Å²) in [5.41, 5.74) is 6.68. The Bertz CT molecular complexity index is 540. The first-order valence-electron chi connectivity index (χ1n) is 6.32. The van der Waals surface area contributed by atoms with Gasteiger partial charge in [-0.05, 0) is 47.0 Å². The maximum Gasteiger partial charge on any atom is 0.301 e.